The van der Waals surface area contributed by atoms with Crippen LogP contribution in [0.4, 0.5) is 5.13 Å². The van der Waals surface area contributed by atoms with E-state index in [1.54, 1.807) is 25.1 Å². The van der Waals surface area contributed by atoms with Gasteiger partial charge in [-0.3, -0.25) is 10.1 Å². The summed E-state index contributed by atoms with van der Waals surface area (Å²) in [5.74, 6) is -0.830. The van der Waals surface area contributed by atoms with Crippen LogP contribution < -0.4 is 5.32 Å². The van der Waals surface area contributed by atoms with E-state index in [1.165, 1.54) is 24.5 Å². The first-order valence-corrected chi connectivity index (χ1v) is 6.21. The van der Waals surface area contributed by atoms with Crippen molar-refractivity contribution in [3.8, 4) is 0 Å². The lowest BCUT2D eigenvalue weighted by molar-refractivity contribution is 0.0600. The van der Waals surface area contributed by atoms with Crippen molar-refractivity contribution >= 4 is 28.3 Å². The molecular weight excluding hydrogens is 266 g/mol. The van der Waals surface area contributed by atoms with E-state index in [4.69, 9.17) is 0 Å². The van der Waals surface area contributed by atoms with Crippen LogP contribution in [0.15, 0.2) is 24.3 Å². The second-order valence-corrected chi connectivity index (χ2v) is 4.83. The third-order valence-corrected chi connectivity index (χ3v) is 3.05. The van der Waals surface area contributed by atoms with Gasteiger partial charge in [0.25, 0.3) is 5.91 Å². The predicted octanol–water partition coefficient (Wildman–Crippen LogP) is 1.89. The zero-order valence-electron chi connectivity index (χ0n) is 10.3. The molecule has 1 N–H and O–H groups in total. The van der Waals surface area contributed by atoms with Gasteiger partial charge >= 0.3 is 5.97 Å². The average molecular weight is 277 g/mol. The zero-order valence-corrected chi connectivity index (χ0v) is 11.2. The molecule has 0 atom stereocenters. The fourth-order valence-corrected chi connectivity index (χ4v) is 2.01. The first-order valence-electron chi connectivity index (χ1n) is 5.40. The highest BCUT2D eigenvalue weighted by atomic mass is 32.1. The minimum atomic E-state index is -0.485. The van der Waals surface area contributed by atoms with Crippen LogP contribution in [0.5, 0.6) is 0 Å². The molecule has 19 heavy (non-hydrogen) atoms. The van der Waals surface area contributed by atoms with Crippen molar-refractivity contribution in [2.45, 2.75) is 6.92 Å². The Bertz CT molecular complexity index is 624. The lowest BCUT2D eigenvalue weighted by Gasteiger charge is -2.03. The number of amides is 1. The second kappa shape index (κ2) is 5.57. The smallest absolute Gasteiger partial charge is 0.337 e. The quantitative estimate of drug-likeness (QED) is 0.866. The van der Waals surface area contributed by atoms with Gasteiger partial charge in [0.05, 0.1) is 12.7 Å². The molecule has 7 heteroatoms. The number of nitrogens with one attached hydrogen (secondary N) is 1. The van der Waals surface area contributed by atoms with Crippen molar-refractivity contribution in [3.63, 3.8) is 0 Å². The van der Waals surface area contributed by atoms with E-state index in [-0.39, 0.29) is 5.91 Å². The molecule has 1 aromatic heterocycles. The number of hydrogen-bond acceptors (Lipinski definition) is 6. The number of anilines is 1. The normalized spacial score (nSPS) is 10.0. The summed E-state index contributed by atoms with van der Waals surface area (Å²) in [5.41, 5.74) is 0.680. The van der Waals surface area contributed by atoms with Crippen LogP contribution in [0.1, 0.15) is 25.7 Å². The van der Waals surface area contributed by atoms with Crippen LogP contribution in [0.25, 0.3) is 0 Å². The molecule has 0 aliphatic rings. The largest absolute Gasteiger partial charge is 0.465 e. The Kier molecular flexibility index (Phi) is 3.86. The van der Waals surface area contributed by atoms with E-state index in [2.05, 4.69) is 20.3 Å². The first kappa shape index (κ1) is 13.2. The van der Waals surface area contributed by atoms with E-state index in [1.807, 2.05) is 0 Å². The number of carbonyl (C=O) groups excluding carboxylic acids is 2. The number of rotatable bonds is 3. The van der Waals surface area contributed by atoms with Crippen molar-refractivity contribution < 1.29 is 14.3 Å². The van der Waals surface area contributed by atoms with E-state index in [0.717, 1.165) is 5.01 Å². The van der Waals surface area contributed by atoms with E-state index in [0.29, 0.717) is 16.3 Å². The molecule has 0 aliphatic heterocycles. The Morgan fingerprint density at radius 1 is 1.26 bits per heavy atom. The van der Waals surface area contributed by atoms with Crippen LogP contribution in [-0.2, 0) is 4.74 Å². The van der Waals surface area contributed by atoms with Gasteiger partial charge in [-0.05, 0) is 25.1 Å². The molecule has 0 fully saturated rings. The van der Waals surface area contributed by atoms with Crippen LogP contribution in [0.3, 0.4) is 0 Å². The molecule has 0 saturated heterocycles. The molecule has 0 radical (unpaired) electrons. The Morgan fingerprint density at radius 2 is 2.00 bits per heavy atom. The first-order chi connectivity index (χ1) is 9.10. The zero-order chi connectivity index (χ0) is 13.8. The molecule has 2 aromatic rings. The highest BCUT2D eigenvalue weighted by Gasteiger charge is 2.12. The maximum Gasteiger partial charge on any atom is 0.337 e. The molecule has 2 rings (SSSR count). The number of carbonyl (C=O) groups is 2. The minimum absolute atomic E-state index is 0.323. The molecule has 1 amide bonds. The summed E-state index contributed by atoms with van der Waals surface area (Å²) in [7, 11) is 1.29. The van der Waals surface area contributed by atoms with Crippen molar-refractivity contribution in [1.82, 2.24) is 10.2 Å². The Morgan fingerprint density at radius 3 is 2.63 bits per heavy atom. The maximum absolute atomic E-state index is 12.0. The van der Waals surface area contributed by atoms with Gasteiger partial charge in [0.1, 0.15) is 5.01 Å². The average Bonchev–Trinajstić information content (AvgIpc) is 2.83. The van der Waals surface area contributed by atoms with Gasteiger partial charge in [-0.15, -0.1) is 10.2 Å². The molecule has 0 unspecified atom stereocenters. The highest BCUT2D eigenvalue weighted by molar-refractivity contribution is 7.15. The number of ether oxygens (including phenoxy) is 1. The number of methoxy groups -OCH3 is 1. The fraction of sp³-hybridized carbons (Fsp3) is 0.167. The van der Waals surface area contributed by atoms with Crippen LogP contribution >= 0.6 is 11.3 Å². The number of nitrogens with zero attached hydrogens (tertiary/aromatic N) is 2. The molecular formula is C12H11N3O3S. The highest BCUT2D eigenvalue weighted by Crippen LogP contribution is 2.15. The molecule has 0 bridgehead atoms. The minimum Gasteiger partial charge on any atom is -0.465 e. The molecule has 0 spiro atoms. The lowest BCUT2D eigenvalue weighted by atomic mass is 10.1. The van der Waals surface area contributed by atoms with Crippen LogP contribution in [0.2, 0.25) is 0 Å². The lowest BCUT2D eigenvalue weighted by Crippen LogP contribution is -2.13. The molecule has 1 aromatic carbocycles. The van der Waals surface area contributed by atoms with Gasteiger partial charge in [0.15, 0.2) is 0 Å². The topological polar surface area (TPSA) is 81.2 Å². The predicted molar refractivity (Wildman–Crippen MR) is 70.4 cm³/mol. The molecule has 1 heterocycles. The number of aromatic nitrogens is 2. The van der Waals surface area contributed by atoms with Crippen LogP contribution in [0, 0.1) is 6.92 Å². The van der Waals surface area contributed by atoms with Crippen molar-refractivity contribution in [2.75, 3.05) is 12.4 Å². The maximum atomic E-state index is 12.0. The Hall–Kier alpha value is -2.28. The third kappa shape index (κ3) is 3.14. The standard InChI is InChI=1S/C12H11N3O3S/c1-7-14-15-12(19-7)13-10(16)8-4-3-5-9(6-8)11(17)18-2/h3-6H,1-2H3,(H,13,15,16). The number of hydrogen-bond donors (Lipinski definition) is 1. The Balaban J connectivity index is 2.17. The molecule has 0 aliphatic carbocycles. The summed E-state index contributed by atoms with van der Waals surface area (Å²) < 4.78 is 4.60. The van der Waals surface area contributed by atoms with Gasteiger partial charge in [0, 0.05) is 5.56 Å². The van der Waals surface area contributed by atoms with Crippen molar-refractivity contribution in [2.24, 2.45) is 0 Å². The van der Waals surface area contributed by atoms with E-state index < -0.39 is 5.97 Å². The number of benzene rings is 1. The summed E-state index contributed by atoms with van der Waals surface area (Å²) in [6.45, 7) is 1.80. The number of esters is 1. The van der Waals surface area contributed by atoms with Gasteiger partial charge in [-0.2, -0.15) is 0 Å². The SMILES string of the molecule is COC(=O)c1cccc(C(=O)Nc2nnc(C)s2)c1. The molecule has 6 nitrogen and oxygen atoms in total. The summed E-state index contributed by atoms with van der Waals surface area (Å²) in [6, 6.07) is 6.27. The van der Waals surface area contributed by atoms with Crippen molar-refractivity contribution in [3.05, 3.63) is 40.4 Å². The van der Waals surface area contributed by atoms with E-state index in [9.17, 15) is 9.59 Å². The van der Waals surface area contributed by atoms with Gasteiger partial charge in [-0.25, -0.2) is 4.79 Å². The summed E-state index contributed by atoms with van der Waals surface area (Å²) >= 11 is 1.28. The Labute approximate surface area is 113 Å². The second-order valence-electron chi connectivity index (χ2n) is 3.65. The monoisotopic (exact) mass is 277 g/mol. The van der Waals surface area contributed by atoms with Gasteiger partial charge < -0.3 is 4.74 Å². The fourth-order valence-electron chi connectivity index (χ4n) is 1.42. The van der Waals surface area contributed by atoms with Gasteiger partial charge in [0.2, 0.25) is 5.13 Å². The van der Waals surface area contributed by atoms with Crippen molar-refractivity contribution in [1.29, 1.82) is 0 Å². The van der Waals surface area contributed by atoms with E-state index >= 15 is 0 Å². The summed E-state index contributed by atoms with van der Waals surface area (Å²) in [4.78, 5) is 23.3. The van der Waals surface area contributed by atoms with Crippen LogP contribution in [-0.4, -0.2) is 29.2 Å². The summed E-state index contributed by atoms with van der Waals surface area (Å²) in [5, 5.41) is 11.4. The summed E-state index contributed by atoms with van der Waals surface area (Å²) in [6.07, 6.45) is 0. The van der Waals surface area contributed by atoms with Gasteiger partial charge in [-0.1, -0.05) is 17.4 Å². The third-order valence-electron chi connectivity index (χ3n) is 2.29. The molecule has 98 valence electrons. The number of aryl methyl sites for hydroxylation is 1. The molecule has 0 saturated carbocycles.